The van der Waals surface area contributed by atoms with Gasteiger partial charge in [-0.3, -0.25) is 14.2 Å². The van der Waals surface area contributed by atoms with E-state index in [4.69, 9.17) is 4.98 Å². The molecule has 142 valence electrons. The first-order valence-electron chi connectivity index (χ1n) is 9.21. The predicted molar refractivity (Wildman–Crippen MR) is 108 cm³/mol. The Hall–Kier alpha value is -3.48. The Morgan fingerprint density at radius 3 is 2.71 bits per heavy atom. The summed E-state index contributed by atoms with van der Waals surface area (Å²) in [4.78, 5) is 19.7. The Labute approximate surface area is 163 Å². The summed E-state index contributed by atoms with van der Waals surface area (Å²) in [6, 6.07) is 11.5. The van der Waals surface area contributed by atoms with Gasteiger partial charge in [-0.05, 0) is 25.1 Å². The standard InChI is InChI=1S/C21H22N6O/c1-4-27-13-15(12-23-27)20-11-18(17-7-5-6-8-19(17)24-20)21(28)25(2)14-16-9-10-22-26(16)3/h5-13H,4,14H2,1-3H3. The lowest BCUT2D eigenvalue weighted by Crippen LogP contribution is -2.27. The minimum absolute atomic E-state index is 0.0519. The number of rotatable bonds is 5. The maximum absolute atomic E-state index is 13.3. The van der Waals surface area contributed by atoms with Crippen LogP contribution in [0, 0.1) is 0 Å². The third-order valence-corrected chi connectivity index (χ3v) is 4.87. The lowest BCUT2D eigenvalue weighted by molar-refractivity contribution is 0.0784. The molecule has 0 fully saturated rings. The van der Waals surface area contributed by atoms with E-state index in [0.717, 1.165) is 34.4 Å². The quantitative estimate of drug-likeness (QED) is 0.538. The molecule has 0 aliphatic carbocycles. The van der Waals surface area contributed by atoms with Gasteiger partial charge in [-0.15, -0.1) is 0 Å². The number of pyridine rings is 1. The largest absolute Gasteiger partial charge is 0.336 e. The van der Waals surface area contributed by atoms with Gasteiger partial charge in [0.05, 0.1) is 35.2 Å². The second-order valence-corrected chi connectivity index (χ2v) is 6.76. The van der Waals surface area contributed by atoms with Crippen LogP contribution in [0.15, 0.2) is 55.0 Å². The van der Waals surface area contributed by atoms with E-state index in [-0.39, 0.29) is 5.91 Å². The zero-order valence-electron chi connectivity index (χ0n) is 16.2. The van der Waals surface area contributed by atoms with Crippen molar-refractivity contribution in [3.63, 3.8) is 0 Å². The average molecular weight is 374 g/mol. The monoisotopic (exact) mass is 374 g/mol. The fourth-order valence-electron chi connectivity index (χ4n) is 3.25. The molecule has 28 heavy (non-hydrogen) atoms. The fraction of sp³-hybridized carbons (Fsp3) is 0.238. The van der Waals surface area contributed by atoms with E-state index in [1.165, 1.54) is 0 Å². The molecule has 0 spiro atoms. The van der Waals surface area contributed by atoms with E-state index in [1.54, 1.807) is 29.0 Å². The number of hydrogen-bond acceptors (Lipinski definition) is 4. The maximum atomic E-state index is 13.3. The Morgan fingerprint density at radius 1 is 1.18 bits per heavy atom. The lowest BCUT2D eigenvalue weighted by Gasteiger charge is -2.19. The summed E-state index contributed by atoms with van der Waals surface area (Å²) in [6.45, 7) is 3.30. The van der Waals surface area contributed by atoms with E-state index in [2.05, 4.69) is 10.2 Å². The minimum atomic E-state index is -0.0519. The van der Waals surface area contributed by atoms with Crippen LogP contribution >= 0.6 is 0 Å². The number of nitrogens with zero attached hydrogens (tertiary/aromatic N) is 6. The van der Waals surface area contributed by atoms with Gasteiger partial charge in [0.15, 0.2) is 0 Å². The molecule has 1 aromatic carbocycles. The number of para-hydroxylation sites is 1. The molecule has 0 saturated heterocycles. The van der Waals surface area contributed by atoms with Crippen molar-refractivity contribution in [3.05, 3.63) is 66.2 Å². The zero-order valence-corrected chi connectivity index (χ0v) is 16.2. The Kier molecular flexibility index (Phi) is 4.65. The minimum Gasteiger partial charge on any atom is -0.336 e. The van der Waals surface area contributed by atoms with Crippen LogP contribution in [0.25, 0.3) is 22.2 Å². The molecular weight excluding hydrogens is 352 g/mol. The normalized spacial score (nSPS) is 11.1. The molecule has 7 heteroatoms. The van der Waals surface area contributed by atoms with Crippen LogP contribution in [0.5, 0.6) is 0 Å². The van der Waals surface area contributed by atoms with Gasteiger partial charge >= 0.3 is 0 Å². The van der Waals surface area contributed by atoms with Gasteiger partial charge in [-0.2, -0.15) is 10.2 Å². The highest BCUT2D eigenvalue weighted by molar-refractivity contribution is 6.07. The van der Waals surface area contributed by atoms with E-state index >= 15 is 0 Å². The van der Waals surface area contributed by atoms with E-state index in [0.29, 0.717) is 12.1 Å². The van der Waals surface area contributed by atoms with Gasteiger partial charge in [0.25, 0.3) is 5.91 Å². The van der Waals surface area contributed by atoms with Gasteiger partial charge in [0.1, 0.15) is 0 Å². The third-order valence-electron chi connectivity index (χ3n) is 4.87. The molecule has 4 aromatic rings. The highest BCUT2D eigenvalue weighted by atomic mass is 16.2. The first kappa shape index (κ1) is 17.9. The van der Waals surface area contributed by atoms with Crippen LogP contribution in [0.2, 0.25) is 0 Å². The molecule has 4 rings (SSSR count). The van der Waals surface area contributed by atoms with Crippen molar-refractivity contribution in [2.45, 2.75) is 20.0 Å². The zero-order chi connectivity index (χ0) is 19.7. The Bertz CT molecular complexity index is 1140. The number of benzene rings is 1. The fourth-order valence-corrected chi connectivity index (χ4v) is 3.25. The molecule has 0 aliphatic heterocycles. The number of carbonyl (C=O) groups is 1. The van der Waals surface area contributed by atoms with E-state index in [9.17, 15) is 4.79 Å². The van der Waals surface area contributed by atoms with Crippen LogP contribution in [0.1, 0.15) is 23.0 Å². The second-order valence-electron chi connectivity index (χ2n) is 6.76. The van der Waals surface area contributed by atoms with Crippen LogP contribution < -0.4 is 0 Å². The lowest BCUT2D eigenvalue weighted by atomic mass is 10.0. The summed E-state index contributed by atoms with van der Waals surface area (Å²) in [7, 11) is 3.68. The highest BCUT2D eigenvalue weighted by Gasteiger charge is 2.19. The van der Waals surface area contributed by atoms with E-state index in [1.807, 2.05) is 61.2 Å². The number of aryl methyl sites for hydroxylation is 2. The summed E-state index contributed by atoms with van der Waals surface area (Å²) >= 11 is 0. The number of amides is 1. The summed E-state index contributed by atoms with van der Waals surface area (Å²) in [5, 5.41) is 9.35. The molecule has 0 radical (unpaired) electrons. The highest BCUT2D eigenvalue weighted by Crippen LogP contribution is 2.26. The van der Waals surface area contributed by atoms with Crippen LogP contribution in [0.3, 0.4) is 0 Å². The van der Waals surface area contributed by atoms with E-state index < -0.39 is 0 Å². The van der Waals surface area contributed by atoms with Crippen molar-refractivity contribution in [2.75, 3.05) is 7.05 Å². The number of carbonyl (C=O) groups excluding carboxylic acids is 1. The summed E-state index contributed by atoms with van der Waals surface area (Å²) in [5.41, 5.74) is 4.04. The maximum Gasteiger partial charge on any atom is 0.254 e. The van der Waals surface area contributed by atoms with Crippen LogP contribution in [-0.4, -0.2) is 42.4 Å². The molecule has 7 nitrogen and oxygen atoms in total. The molecule has 0 atom stereocenters. The number of aromatic nitrogens is 5. The smallest absolute Gasteiger partial charge is 0.254 e. The summed E-state index contributed by atoms with van der Waals surface area (Å²) in [6.07, 6.45) is 5.47. The van der Waals surface area contributed by atoms with Crippen molar-refractivity contribution in [1.82, 2.24) is 29.4 Å². The van der Waals surface area contributed by atoms with Gasteiger partial charge in [-0.1, -0.05) is 18.2 Å². The van der Waals surface area contributed by atoms with Gasteiger partial charge in [0, 0.05) is 44.0 Å². The molecule has 0 N–H and O–H groups in total. The van der Waals surface area contributed by atoms with Gasteiger partial charge in [0.2, 0.25) is 0 Å². The topological polar surface area (TPSA) is 68.8 Å². The van der Waals surface area contributed by atoms with Crippen LogP contribution in [0.4, 0.5) is 0 Å². The molecule has 1 amide bonds. The molecule has 0 aliphatic rings. The van der Waals surface area contributed by atoms with Gasteiger partial charge < -0.3 is 4.90 Å². The molecular formula is C21H22N6O. The van der Waals surface area contributed by atoms with Crippen molar-refractivity contribution in [1.29, 1.82) is 0 Å². The molecule has 3 heterocycles. The molecule has 0 saturated carbocycles. The van der Waals surface area contributed by atoms with Crippen LogP contribution in [-0.2, 0) is 20.1 Å². The third kappa shape index (κ3) is 3.26. The molecule has 0 bridgehead atoms. The molecule has 0 unspecified atom stereocenters. The Morgan fingerprint density at radius 2 is 2.00 bits per heavy atom. The number of hydrogen-bond donors (Lipinski definition) is 0. The predicted octanol–water partition coefficient (Wildman–Crippen LogP) is 3.12. The molecule has 3 aromatic heterocycles. The van der Waals surface area contributed by atoms with Crippen molar-refractivity contribution in [2.24, 2.45) is 7.05 Å². The summed E-state index contributed by atoms with van der Waals surface area (Å²) in [5.74, 6) is -0.0519. The van der Waals surface area contributed by atoms with Crippen molar-refractivity contribution < 1.29 is 4.79 Å². The number of fused-ring (bicyclic) bond motifs is 1. The van der Waals surface area contributed by atoms with Crippen molar-refractivity contribution >= 4 is 16.8 Å². The second kappa shape index (κ2) is 7.26. The summed E-state index contributed by atoms with van der Waals surface area (Å²) < 4.78 is 3.63. The van der Waals surface area contributed by atoms with Gasteiger partial charge in [-0.25, -0.2) is 4.98 Å². The first-order chi connectivity index (χ1) is 13.6. The average Bonchev–Trinajstić information content (AvgIpc) is 3.36. The Balaban J connectivity index is 1.76. The van der Waals surface area contributed by atoms with Crippen molar-refractivity contribution in [3.8, 4) is 11.3 Å². The SMILES string of the molecule is CCn1cc(-c2cc(C(=O)N(C)Cc3ccnn3C)c3ccccc3n2)cn1. The first-order valence-corrected chi connectivity index (χ1v) is 9.21.